The van der Waals surface area contributed by atoms with Crippen molar-refractivity contribution in [3.63, 3.8) is 0 Å². The smallest absolute Gasteiger partial charge is 0.333 e. The van der Waals surface area contributed by atoms with E-state index in [-0.39, 0.29) is 17.2 Å². The van der Waals surface area contributed by atoms with Gasteiger partial charge in [-0.2, -0.15) is 0 Å². The van der Waals surface area contributed by atoms with E-state index in [1.54, 1.807) is 6.92 Å². The van der Waals surface area contributed by atoms with Crippen LogP contribution in [0, 0.1) is 17.8 Å². The molecule has 0 radical (unpaired) electrons. The van der Waals surface area contributed by atoms with Gasteiger partial charge in [0.15, 0.2) is 0 Å². The molecule has 4 saturated carbocycles. The summed E-state index contributed by atoms with van der Waals surface area (Å²) < 4.78 is 12.4. The number of carbonyl (C=O) groups is 1. The number of hydrogen-bond acceptors (Lipinski definition) is 3. The summed E-state index contributed by atoms with van der Waals surface area (Å²) in [6, 6.07) is 0. The molecule has 4 aliphatic carbocycles. The summed E-state index contributed by atoms with van der Waals surface area (Å²) in [5.41, 5.74) is 0.328. The minimum absolute atomic E-state index is 0.0661. The van der Waals surface area contributed by atoms with E-state index in [2.05, 4.69) is 20.4 Å². The average molecular weight is 320 g/mol. The molecule has 0 aromatic carbocycles. The van der Waals surface area contributed by atoms with E-state index >= 15 is 0 Å². The molecule has 4 fully saturated rings. The van der Waals surface area contributed by atoms with Gasteiger partial charge in [-0.15, -0.1) is 0 Å². The lowest BCUT2D eigenvalue weighted by Gasteiger charge is -2.64. The fraction of sp³-hybridized carbons (Fsp3) is 0.850. The predicted molar refractivity (Wildman–Crippen MR) is 91.1 cm³/mol. The van der Waals surface area contributed by atoms with Crippen molar-refractivity contribution < 1.29 is 14.3 Å². The molecule has 2 unspecified atom stereocenters. The summed E-state index contributed by atoms with van der Waals surface area (Å²) in [6.07, 6.45) is 9.05. The highest BCUT2D eigenvalue weighted by Crippen LogP contribution is 2.63. The third-order valence-electron chi connectivity index (χ3n) is 6.52. The van der Waals surface area contributed by atoms with Crippen molar-refractivity contribution in [2.45, 2.75) is 83.3 Å². The maximum absolute atomic E-state index is 12.4. The third-order valence-corrected chi connectivity index (χ3v) is 6.52. The highest BCUT2D eigenvalue weighted by molar-refractivity contribution is 5.87. The van der Waals surface area contributed by atoms with Crippen molar-refractivity contribution in [2.24, 2.45) is 17.8 Å². The highest BCUT2D eigenvalue weighted by Gasteiger charge is 2.64. The fourth-order valence-corrected chi connectivity index (χ4v) is 5.81. The maximum Gasteiger partial charge on any atom is 0.333 e. The van der Waals surface area contributed by atoms with Gasteiger partial charge in [-0.05, 0) is 64.7 Å². The lowest BCUT2D eigenvalue weighted by atomic mass is 9.47. The van der Waals surface area contributed by atoms with Gasteiger partial charge in [0, 0.05) is 24.0 Å². The van der Waals surface area contributed by atoms with E-state index < -0.39 is 0 Å². The van der Waals surface area contributed by atoms with Crippen molar-refractivity contribution in [1.29, 1.82) is 0 Å². The average Bonchev–Trinajstić information content (AvgIpc) is 2.48. The minimum atomic E-state index is -0.260. The molecule has 23 heavy (non-hydrogen) atoms. The van der Waals surface area contributed by atoms with Crippen LogP contribution in [-0.2, 0) is 14.3 Å². The minimum Gasteiger partial charge on any atom is -0.455 e. The quantitative estimate of drug-likeness (QED) is 0.506. The van der Waals surface area contributed by atoms with Crippen molar-refractivity contribution in [1.82, 2.24) is 0 Å². The number of rotatable bonds is 7. The van der Waals surface area contributed by atoms with Crippen LogP contribution < -0.4 is 0 Å². The van der Waals surface area contributed by atoms with E-state index in [4.69, 9.17) is 9.47 Å². The van der Waals surface area contributed by atoms with Gasteiger partial charge in [0.25, 0.3) is 0 Å². The van der Waals surface area contributed by atoms with Crippen LogP contribution in [0.25, 0.3) is 0 Å². The Balaban J connectivity index is 1.88. The highest BCUT2D eigenvalue weighted by atomic mass is 16.6. The van der Waals surface area contributed by atoms with Crippen LogP contribution in [0.5, 0.6) is 0 Å². The Morgan fingerprint density at radius 1 is 1.17 bits per heavy atom. The van der Waals surface area contributed by atoms with E-state index in [0.29, 0.717) is 17.4 Å². The van der Waals surface area contributed by atoms with Crippen LogP contribution in [-0.4, -0.2) is 23.8 Å². The van der Waals surface area contributed by atoms with Crippen LogP contribution in [0.2, 0.25) is 0 Å². The van der Waals surface area contributed by atoms with Gasteiger partial charge in [-0.3, -0.25) is 0 Å². The number of ether oxygens (including phenoxy) is 2. The number of carbonyl (C=O) groups excluding carboxylic acids is 1. The molecule has 0 aliphatic heterocycles. The zero-order valence-electron chi connectivity index (χ0n) is 15.0. The molecular weight excluding hydrogens is 288 g/mol. The Bertz CT molecular complexity index is 465. The standard InChI is InChI=1S/C20H32O3/c1-5-7-8-20(23-18(21)14(3)4)16-9-15-10-17(20)13-19(11-15,12-16)22-6-2/h15-17H,3,5-13H2,1-2,4H3. The molecule has 0 aromatic rings. The van der Waals surface area contributed by atoms with Gasteiger partial charge in [0.2, 0.25) is 0 Å². The van der Waals surface area contributed by atoms with Crippen LogP contribution in [0.4, 0.5) is 0 Å². The monoisotopic (exact) mass is 320 g/mol. The second kappa shape index (κ2) is 6.23. The Morgan fingerprint density at radius 2 is 1.83 bits per heavy atom. The lowest BCUT2D eigenvalue weighted by molar-refractivity contribution is -0.252. The third kappa shape index (κ3) is 2.86. The number of unbranched alkanes of at least 4 members (excludes halogenated alkanes) is 1. The Hall–Kier alpha value is -0.830. The van der Waals surface area contributed by atoms with Gasteiger partial charge in [-0.25, -0.2) is 4.79 Å². The maximum atomic E-state index is 12.4. The SMILES string of the molecule is C=C(C)C(=O)OC1(CCCC)C2CC3CC1CC(OCC)(C3)C2. The van der Waals surface area contributed by atoms with Crippen molar-refractivity contribution in [3.05, 3.63) is 12.2 Å². The Labute approximate surface area is 140 Å². The summed E-state index contributed by atoms with van der Waals surface area (Å²) in [5, 5.41) is 0. The van der Waals surface area contributed by atoms with Gasteiger partial charge >= 0.3 is 5.97 Å². The van der Waals surface area contributed by atoms with Gasteiger partial charge in [-0.1, -0.05) is 19.9 Å². The normalized spacial score (nSPS) is 41.1. The summed E-state index contributed by atoms with van der Waals surface area (Å²) in [5.74, 6) is 1.50. The first-order chi connectivity index (χ1) is 10.9. The molecule has 4 rings (SSSR count). The Morgan fingerprint density at radius 3 is 2.35 bits per heavy atom. The molecule has 0 aromatic heterocycles. The van der Waals surface area contributed by atoms with E-state index in [9.17, 15) is 4.79 Å². The molecule has 4 bridgehead atoms. The lowest BCUT2D eigenvalue weighted by Crippen LogP contribution is -2.65. The summed E-state index contributed by atoms with van der Waals surface area (Å²) in [7, 11) is 0. The van der Waals surface area contributed by atoms with Crippen LogP contribution in [0.15, 0.2) is 12.2 Å². The number of esters is 1. The molecule has 2 atom stereocenters. The first kappa shape index (κ1) is 17.0. The molecule has 0 heterocycles. The molecule has 0 saturated heterocycles. The van der Waals surface area contributed by atoms with Crippen LogP contribution >= 0.6 is 0 Å². The van der Waals surface area contributed by atoms with E-state index in [1.807, 2.05) is 0 Å². The van der Waals surface area contributed by atoms with Gasteiger partial charge < -0.3 is 9.47 Å². The largest absolute Gasteiger partial charge is 0.455 e. The zero-order chi connectivity index (χ0) is 16.7. The summed E-state index contributed by atoms with van der Waals surface area (Å²) >= 11 is 0. The van der Waals surface area contributed by atoms with Crippen molar-refractivity contribution >= 4 is 5.97 Å². The second-order valence-corrected chi connectivity index (χ2v) is 8.19. The summed E-state index contributed by atoms with van der Waals surface area (Å²) in [6.45, 7) is 10.7. The molecule has 3 heteroatoms. The molecule has 4 aliphatic rings. The topological polar surface area (TPSA) is 35.5 Å². The molecule has 130 valence electrons. The van der Waals surface area contributed by atoms with Crippen molar-refractivity contribution in [3.8, 4) is 0 Å². The number of hydrogen-bond donors (Lipinski definition) is 0. The van der Waals surface area contributed by atoms with E-state index in [0.717, 1.165) is 44.6 Å². The molecular formula is C20H32O3. The summed E-state index contributed by atoms with van der Waals surface area (Å²) in [4.78, 5) is 12.4. The molecule has 0 amide bonds. The Kier molecular flexibility index (Phi) is 4.61. The van der Waals surface area contributed by atoms with Crippen LogP contribution in [0.1, 0.15) is 72.1 Å². The predicted octanol–water partition coefficient (Wildman–Crippen LogP) is 4.65. The first-order valence-corrected chi connectivity index (χ1v) is 9.47. The molecule has 0 spiro atoms. The molecule has 0 N–H and O–H groups in total. The van der Waals surface area contributed by atoms with Crippen LogP contribution in [0.3, 0.4) is 0 Å². The fourth-order valence-electron chi connectivity index (χ4n) is 5.81. The van der Waals surface area contributed by atoms with Gasteiger partial charge in [0.05, 0.1) is 5.60 Å². The second-order valence-electron chi connectivity index (χ2n) is 8.19. The van der Waals surface area contributed by atoms with E-state index in [1.165, 1.54) is 19.3 Å². The molecule has 3 nitrogen and oxygen atoms in total. The first-order valence-electron chi connectivity index (χ1n) is 9.47. The van der Waals surface area contributed by atoms with Crippen molar-refractivity contribution in [2.75, 3.05) is 6.61 Å². The van der Waals surface area contributed by atoms with Gasteiger partial charge in [0.1, 0.15) is 5.60 Å². The zero-order valence-corrected chi connectivity index (χ0v) is 15.0.